The summed E-state index contributed by atoms with van der Waals surface area (Å²) in [5.74, 6) is 0.695. The van der Waals surface area contributed by atoms with Crippen LogP contribution in [0.5, 0.6) is 0 Å². The number of likely N-dealkylation sites (N-methyl/N-ethyl adjacent to an activating group) is 2. The predicted molar refractivity (Wildman–Crippen MR) is 80.5 cm³/mol. The fraction of sp³-hybridized carbons (Fsp3) is 0.769. The molecule has 0 amide bonds. The summed E-state index contributed by atoms with van der Waals surface area (Å²) >= 11 is 1.78. The molecule has 104 valence electrons. The lowest BCUT2D eigenvalue weighted by atomic mass is 10.2. The first-order chi connectivity index (χ1) is 8.49. The predicted octanol–water partition coefficient (Wildman–Crippen LogP) is 1.89. The van der Waals surface area contributed by atoms with E-state index in [-0.39, 0.29) is 0 Å². The van der Waals surface area contributed by atoms with Gasteiger partial charge < -0.3 is 15.1 Å². The second-order valence-corrected chi connectivity index (χ2v) is 6.45. The highest BCUT2D eigenvalue weighted by Crippen LogP contribution is 2.21. The molecule has 0 aliphatic rings. The van der Waals surface area contributed by atoms with Crippen LogP contribution in [0.4, 0.5) is 5.13 Å². The second-order valence-electron chi connectivity index (χ2n) is 5.36. The molecule has 4 nitrogen and oxygen atoms in total. The number of aromatic nitrogens is 1. The monoisotopic (exact) mass is 270 g/mol. The van der Waals surface area contributed by atoms with Crippen molar-refractivity contribution in [1.29, 1.82) is 0 Å². The summed E-state index contributed by atoms with van der Waals surface area (Å²) in [4.78, 5) is 10.2. The van der Waals surface area contributed by atoms with Gasteiger partial charge in [0.05, 0.1) is 0 Å². The normalized spacial score (nSPS) is 11.5. The van der Waals surface area contributed by atoms with Crippen LogP contribution >= 0.6 is 11.3 Å². The lowest BCUT2D eigenvalue weighted by molar-refractivity contribution is 0.416. The van der Waals surface area contributed by atoms with E-state index in [1.807, 2.05) is 6.20 Å². The van der Waals surface area contributed by atoms with E-state index >= 15 is 0 Å². The highest BCUT2D eigenvalue weighted by Gasteiger charge is 2.07. The first-order valence-corrected chi connectivity index (χ1v) is 7.32. The lowest BCUT2D eigenvalue weighted by Crippen LogP contribution is -2.28. The van der Waals surface area contributed by atoms with Gasteiger partial charge in [-0.15, -0.1) is 11.3 Å². The third-order valence-electron chi connectivity index (χ3n) is 2.60. The van der Waals surface area contributed by atoms with Crippen molar-refractivity contribution in [2.75, 3.05) is 45.7 Å². The molecule has 0 bridgehead atoms. The van der Waals surface area contributed by atoms with Crippen LogP contribution in [0, 0.1) is 5.92 Å². The molecule has 1 aromatic heterocycles. The van der Waals surface area contributed by atoms with Gasteiger partial charge in [0.1, 0.15) is 0 Å². The summed E-state index contributed by atoms with van der Waals surface area (Å²) in [6.45, 7) is 8.50. The summed E-state index contributed by atoms with van der Waals surface area (Å²) < 4.78 is 0. The Hall–Kier alpha value is -0.650. The SMILES string of the molecule is CC(C)CNCc1cnc(N(C)CCN(C)C)s1. The van der Waals surface area contributed by atoms with Crippen molar-refractivity contribution < 1.29 is 0 Å². The molecule has 0 fully saturated rings. The van der Waals surface area contributed by atoms with Gasteiger partial charge in [-0.1, -0.05) is 13.8 Å². The molecule has 5 heteroatoms. The zero-order chi connectivity index (χ0) is 13.5. The van der Waals surface area contributed by atoms with E-state index in [4.69, 9.17) is 0 Å². The smallest absolute Gasteiger partial charge is 0.185 e. The van der Waals surface area contributed by atoms with Gasteiger partial charge >= 0.3 is 0 Å². The van der Waals surface area contributed by atoms with Gasteiger partial charge in [0.25, 0.3) is 0 Å². The fourth-order valence-corrected chi connectivity index (χ4v) is 2.35. The Kier molecular flexibility index (Phi) is 6.60. The van der Waals surface area contributed by atoms with Gasteiger partial charge in [0.2, 0.25) is 0 Å². The summed E-state index contributed by atoms with van der Waals surface area (Å²) in [5, 5.41) is 4.56. The van der Waals surface area contributed by atoms with E-state index in [0.717, 1.165) is 31.3 Å². The first-order valence-electron chi connectivity index (χ1n) is 6.50. The van der Waals surface area contributed by atoms with Gasteiger partial charge in [-0.2, -0.15) is 0 Å². The standard InChI is InChI=1S/C13H26N4S/c1-11(2)8-14-9-12-10-15-13(18-12)17(5)7-6-16(3)4/h10-11,14H,6-9H2,1-5H3. The molecule has 0 saturated carbocycles. The van der Waals surface area contributed by atoms with E-state index in [1.165, 1.54) is 4.88 Å². The van der Waals surface area contributed by atoms with Crippen molar-refractivity contribution in [2.45, 2.75) is 20.4 Å². The van der Waals surface area contributed by atoms with Crippen LogP contribution < -0.4 is 10.2 Å². The lowest BCUT2D eigenvalue weighted by Gasteiger charge is -2.18. The van der Waals surface area contributed by atoms with Crippen LogP contribution in [0.3, 0.4) is 0 Å². The van der Waals surface area contributed by atoms with Gasteiger partial charge in [-0.05, 0) is 26.6 Å². The average molecular weight is 270 g/mol. The highest BCUT2D eigenvalue weighted by molar-refractivity contribution is 7.15. The number of thiazole rings is 1. The quantitative estimate of drug-likeness (QED) is 0.781. The molecule has 1 heterocycles. The minimum atomic E-state index is 0.695. The molecule has 0 aromatic carbocycles. The molecule has 1 aromatic rings. The van der Waals surface area contributed by atoms with Crippen molar-refractivity contribution in [3.63, 3.8) is 0 Å². The number of nitrogens with zero attached hydrogens (tertiary/aromatic N) is 3. The van der Waals surface area contributed by atoms with Crippen LogP contribution in [-0.2, 0) is 6.54 Å². The number of nitrogens with one attached hydrogen (secondary N) is 1. The molecule has 0 saturated heterocycles. The highest BCUT2D eigenvalue weighted by atomic mass is 32.1. The summed E-state index contributed by atoms with van der Waals surface area (Å²) in [6.07, 6.45) is 1.99. The van der Waals surface area contributed by atoms with Crippen molar-refractivity contribution in [2.24, 2.45) is 5.92 Å². The molecule has 0 aliphatic heterocycles. The van der Waals surface area contributed by atoms with Crippen LogP contribution in [0.25, 0.3) is 0 Å². The van der Waals surface area contributed by atoms with E-state index in [1.54, 1.807) is 11.3 Å². The maximum atomic E-state index is 4.48. The molecule has 1 N–H and O–H groups in total. The molecule has 1 rings (SSSR count). The van der Waals surface area contributed by atoms with E-state index in [2.05, 4.69) is 55.1 Å². The van der Waals surface area contributed by atoms with Gasteiger partial charge in [-0.3, -0.25) is 0 Å². The molecule has 0 atom stereocenters. The van der Waals surface area contributed by atoms with E-state index < -0.39 is 0 Å². The summed E-state index contributed by atoms with van der Waals surface area (Å²) in [6, 6.07) is 0. The molecule has 0 aliphatic carbocycles. The Morgan fingerprint density at radius 1 is 1.28 bits per heavy atom. The Morgan fingerprint density at radius 2 is 2.00 bits per heavy atom. The van der Waals surface area contributed by atoms with E-state index in [9.17, 15) is 0 Å². The van der Waals surface area contributed by atoms with Crippen molar-refractivity contribution in [3.05, 3.63) is 11.1 Å². The largest absolute Gasteiger partial charge is 0.350 e. The molecular formula is C13H26N4S. The van der Waals surface area contributed by atoms with Crippen molar-refractivity contribution >= 4 is 16.5 Å². The van der Waals surface area contributed by atoms with Gasteiger partial charge in [0.15, 0.2) is 5.13 Å². The third-order valence-corrected chi connectivity index (χ3v) is 3.71. The van der Waals surface area contributed by atoms with Crippen molar-refractivity contribution in [3.8, 4) is 0 Å². The third kappa shape index (κ3) is 5.80. The number of rotatable bonds is 8. The van der Waals surface area contributed by atoms with Gasteiger partial charge in [0, 0.05) is 37.8 Å². The molecule has 0 radical (unpaired) electrons. The summed E-state index contributed by atoms with van der Waals surface area (Å²) in [5.41, 5.74) is 0. The van der Waals surface area contributed by atoms with Crippen LogP contribution in [0.15, 0.2) is 6.20 Å². The maximum absolute atomic E-state index is 4.48. The zero-order valence-electron chi connectivity index (χ0n) is 12.2. The van der Waals surface area contributed by atoms with Crippen molar-refractivity contribution in [1.82, 2.24) is 15.2 Å². The number of hydrogen-bond acceptors (Lipinski definition) is 5. The Labute approximate surface area is 115 Å². The average Bonchev–Trinajstić information content (AvgIpc) is 2.74. The Morgan fingerprint density at radius 3 is 2.61 bits per heavy atom. The number of anilines is 1. The van der Waals surface area contributed by atoms with Gasteiger partial charge in [-0.25, -0.2) is 4.98 Å². The topological polar surface area (TPSA) is 31.4 Å². The minimum Gasteiger partial charge on any atom is -0.350 e. The van der Waals surface area contributed by atoms with Crippen LogP contribution in [0.2, 0.25) is 0 Å². The zero-order valence-corrected chi connectivity index (χ0v) is 13.0. The van der Waals surface area contributed by atoms with Crippen LogP contribution in [0.1, 0.15) is 18.7 Å². The first kappa shape index (κ1) is 15.4. The molecule has 0 unspecified atom stereocenters. The fourth-order valence-electron chi connectivity index (χ4n) is 1.49. The second kappa shape index (κ2) is 7.71. The number of hydrogen-bond donors (Lipinski definition) is 1. The maximum Gasteiger partial charge on any atom is 0.185 e. The molecule has 0 spiro atoms. The Bertz CT molecular complexity index is 335. The Balaban J connectivity index is 2.37. The minimum absolute atomic E-state index is 0.695. The molecule has 18 heavy (non-hydrogen) atoms. The summed E-state index contributed by atoms with van der Waals surface area (Å²) in [7, 11) is 6.29. The molecular weight excluding hydrogens is 244 g/mol. The van der Waals surface area contributed by atoms with Crippen LogP contribution in [-0.4, -0.2) is 50.7 Å². The van der Waals surface area contributed by atoms with E-state index in [0.29, 0.717) is 5.92 Å².